The zero-order valence-electron chi connectivity index (χ0n) is 11.6. The van der Waals surface area contributed by atoms with E-state index in [1.54, 1.807) is 5.38 Å². The third kappa shape index (κ3) is 3.57. The van der Waals surface area contributed by atoms with Crippen LogP contribution in [0.3, 0.4) is 0 Å². The number of carbonyl (C=O) groups is 1. The molecule has 0 fully saturated rings. The van der Waals surface area contributed by atoms with Crippen molar-refractivity contribution in [1.29, 1.82) is 0 Å². The minimum atomic E-state index is -0.128. The highest BCUT2D eigenvalue weighted by Crippen LogP contribution is 2.12. The van der Waals surface area contributed by atoms with Gasteiger partial charge in [-0.1, -0.05) is 48.6 Å². The second-order valence-corrected chi connectivity index (χ2v) is 5.67. The molecule has 1 N–H and O–H groups in total. The van der Waals surface area contributed by atoms with Gasteiger partial charge in [-0.2, -0.15) is 0 Å². The summed E-state index contributed by atoms with van der Waals surface area (Å²) in [6.45, 7) is 4.56. The predicted molar refractivity (Wildman–Crippen MR) is 81.2 cm³/mol. The fourth-order valence-electron chi connectivity index (χ4n) is 1.96. The van der Waals surface area contributed by atoms with Crippen LogP contribution in [0, 0.1) is 6.92 Å². The first-order valence-electron chi connectivity index (χ1n) is 6.54. The fourth-order valence-corrected chi connectivity index (χ4v) is 2.70. The van der Waals surface area contributed by atoms with E-state index in [1.807, 2.05) is 37.3 Å². The van der Waals surface area contributed by atoms with Gasteiger partial charge in [0, 0.05) is 17.6 Å². The molecule has 1 atom stereocenters. The predicted octanol–water partition coefficient (Wildman–Crippen LogP) is 2.14. The topological polar surface area (TPSA) is 51.1 Å². The van der Waals surface area contributed by atoms with Gasteiger partial charge in [0.25, 0.3) is 0 Å². The van der Waals surface area contributed by atoms with Crippen LogP contribution in [0.1, 0.15) is 24.1 Å². The van der Waals surface area contributed by atoms with E-state index in [0.29, 0.717) is 6.54 Å². The van der Waals surface area contributed by atoms with Crippen LogP contribution in [0.4, 0.5) is 0 Å². The smallest absolute Gasteiger partial charge is 0.307 e. The Kier molecular flexibility index (Phi) is 4.74. The Balaban J connectivity index is 1.88. The standard InChI is InChI=1S/C15H18N2O2S/c1-11(13-6-4-3-5-7-13)8-16-14(18)9-17-12(2)10-20-15(17)19/h3-7,10-11H,8-9H2,1-2H3,(H,16,18)/t11-/m0/s1. The highest BCUT2D eigenvalue weighted by molar-refractivity contribution is 7.07. The van der Waals surface area contributed by atoms with Crippen molar-refractivity contribution in [3.8, 4) is 0 Å². The Morgan fingerprint density at radius 2 is 2.05 bits per heavy atom. The van der Waals surface area contributed by atoms with Gasteiger partial charge >= 0.3 is 4.87 Å². The molecule has 1 heterocycles. The van der Waals surface area contributed by atoms with Crippen LogP contribution in [-0.4, -0.2) is 17.0 Å². The van der Waals surface area contributed by atoms with Gasteiger partial charge in [0.15, 0.2) is 0 Å². The van der Waals surface area contributed by atoms with Crippen LogP contribution < -0.4 is 10.2 Å². The summed E-state index contributed by atoms with van der Waals surface area (Å²) in [4.78, 5) is 23.3. The molecule has 1 aromatic heterocycles. The molecule has 2 aromatic rings. The van der Waals surface area contributed by atoms with E-state index in [1.165, 1.54) is 10.1 Å². The Hall–Kier alpha value is -1.88. The monoisotopic (exact) mass is 290 g/mol. The number of thiazole rings is 1. The van der Waals surface area contributed by atoms with E-state index < -0.39 is 0 Å². The lowest BCUT2D eigenvalue weighted by Crippen LogP contribution is -2.33. The van der Waals surface area contributed by atoms with Crippen molar-refractivity contribution in [2.75, 3.05) is 6.54 Å². The van der Waals surface area contributed by atoms with E-state index >= 15 is 0 Å². The van der Waals surface area contributed by atoms with Gasteiger partial charge in [0.05, 0.1) is 0 Å². The van der Waals surface area contributed by atoms with Gasteiger partial charge in [-0.15, -0.1) is 0 Å². The van der Waals surface area contributed by atoms with Crippen LogP contribution in [0.2, 0.25) is 0 Å². The SMILES string of the molecule is Cc1csc(=O)n1CC(=O)NC[C@H](C)c1ccccc1. The lowest BCUT2D eigenvalue weighted by Gasteiger charge is -2.13. The van der Waals surface area contributed by atoms with Crippen molar-refractivity contribution in [2.24, 2.45) is 0 Å². The highest BCUT2D eigenvalue weighted by atomic mass is 32.1. The zero-order valence-corrected chi connectivity index (χ0v) is 12.4. The number of benzene rings is 1. The first-order valence-corrected chi connectivity index (χ1v) is 7.42. The molecule has 0 unspecified atom stereocenters. The molecule has 0 aliphatic carbocycles. The maximum Gasteiger partial charge on any atom is 0.307 e. The summed E-state index contributed by atoms with van der Waals surface area (Å²) >= 11 is 1.12. The maximum atomic E-state index is 11.9. The summed E-state index contributed by atoms with van der Waals surface area (Å²) in [5.41, 5.74) is 2.02. The minimum Gasteiger partial charge on any atom is -0.354 e. The molecular formula is C15H18N2O2S. The summed E-state index contributed by atoms with van der Waals surface area (Å²) in [5, 5.41) is 4.65. The lowest BCUT2D eigenvalue weighted by molar-refractivity contribution is -0.121. The minimum absolute atomic E-state index is 0.0891. The first-order chi connectivity index (χ1) is 9.58. The van der Waals surface area contributed by atoms with Crippen LogP contribution in [-0.2, 0) is 11.3 Å². The molecule has 0 saturated heterocycles. The van der Waals surface area contributed by atoms with Crippen LogP contribution in [0.25, 0.3) is 0 Å². The molecule has 106 valence electrons. The van der Waals surface area contributed by atoms with Gasteiger partial charge < -0.3 is 5.32 Å². The molecule has 0 aliphatic heterocycles. The normalized spacial score (nSPS) is 12.1. The van der Waals surface area contributed by atoms with Crippen LogP contribution in [0.5, 0.6) is 0 Å². The molecule has 0 bridgehead atoms. The third-order valence-corrected chi connectivity index (χ3v) is 4.13. The third-order valence-electron chi connectivity index (χ3n) is 3.25. The van der Waals surface area contributed by atoms with E-state index in [0.717, 1.165) is 17.0 Å². The van der Waals surface area contributed by atoms with E-state index in [9.17, 15) is 9.59 Å². The van der Waals surface area contributed by atoms with E-state index in [-0.39, 0.29) is 23.2 Å². The van der Waals surface area contributed by atoms with Crippen molar-refractivity contribution in [3.05, 3.63) is 56.6 Å². The molecule has 1 amide bonds. The second-order valence-electron chi connectivity index (χ2n) is 4.84. The van der Waals surface area contributed by atoms with Gasteiger partial charge in [-0.3, -0.25) is 14.2 Å². The van der Waals surface area contributed by atoms with Crippen LogP contribution in [0.15, 0.2) is 40.5 Å². The summed E-state index contributed by atoms with van der Waals surface area (Å²) < 4.78 is 1.49. The largest absolute Gasteiger partial charge is 0.354 e. The van der Waals surface area contributed by atoms with Crippen molar-refractivity contribution in [3.63, 3.8) is 0 Å². The number of nitrogens with one attached hydrogen (secondary N) is 1. The number of aromatic nitrogens is 1. The van der Waals surface area contributed by atoms with E-state index in [2.05, 4.69) is 12.2 Å². The number of amides is 1. The fraction of sp³-hybridized carbons (Fsp3) is 0.333. The molecule has 0 radical (unpaired) electrons. The summed E-state index contributed by atoms with van der Waals surface area (Å²) in [6.07, 6.45) is 0. The number of hydrogen-bond donors (Lipinski definition) is 1. The number of carbonyl (C=O) groups excluding carboxylic acids is 1. The van der Waals surface area contributed by atoms with Crippen molar-refractivity contribution in [1.82, 2.24) is 9.88 Å². The maximum absolute atomic E-state index is 11.9. The highest BCUT2D eigenvalue weighted by Gasteiger charge is 2.10. The average Bonchev–Trinajstić information content (AvgIpc) is 2.77. The molecule has 2 rings (SSSR count). The van der Waals surface area contributed by atoms with Gasteiger partial charge in [0.2, 0.25) is 5.91 Å². The summed E-state index contributed by atoms with van der Waals surface area (Å²) in [7, 11) is 0. The quantitative estimate of drug-likeness (QED) is 0.917. The number of hydrogen-bond acceptors (Lipinski definition) is 3. The van der Waals surface area contributed by atoms with Crippen molar-refractivity contribution in [2.45, 2.75) is 26.3 Å². The molecule has 1 aromatic carbocycles. The molecule has 4 nitrogen and oxygen atoms in total. The number of nitrogens with zero attached hydrogens (tertiary/aromatic N) is 1. The van der Waals surface area contributed by atoms with E-state index in [4.69, 9.17) is 0 Å². The average molecular weight is 290 g/mol. The first kappa shape index (κ1) is 14.5. The van der Waals surface area contributed by atoms with Crippen molar-refractivity contribution >= 4 is 17.2 Å². The Bertz CT molecular complexity index is 631. The lowest BCUT2D eigenvalue weighted by atomic mass is 10.0. The molecule has 0 aliphatic rings. The van der Waals surface area contributed by atoms with Gasteiger partial charge in [0.1, 0.15) is 6.54 Å². The molecule has 20 heavy (non-hydrogen) atoms. The van der Waals surface area contributed by atoms with Crippen molar-refractivity contribution < 1.29 is 4.79 Å². The molecule has 0 saturated carbocycles. The number of aryl methyl sites for hydroxylation is 1. The molecular weight excluding hydrogens is 272 g/mol. The van der Waals surface area contributed by atoms with Crippen LogP contribution >= 0.6 is 11.3 Å². The van der Waals surface area contributed by atoms with Gasteiger partial charge in [-0.05, 0) is 18.4 Å². The zero-order chi connectivity index (χ0) is 14.5. The Labute approximate surface area is 122 Å². The Morgan fingerprint density at radius 1 is 1.35 bits per heavy atom. The summed E-state index contributed by atoms with van der Waals surface area (Å²) in [5.74, 6) is 0.122. The second kappa shape index (κ2) is 6.52. The summed E-state index contributed by atoms with van der Waals surface area (Å²) in [6, 6.07) is 10.0. The molecule has 0 spiro atoms. The Morgan fingerprint density at radius 3 is 2.65 bits per heavy atom. The molecule has 5 heteroatoms. The van der Waals surface area contributed by atoms with Gasteiger partial charge in [-0.25, -0.2) is 0 Å². The number of rotatable bonds is 5.